The number of hydrogen-bond donors (Lipinski definition) is 2. The minimum atomic E-state index is -3.45. The predicted octanol–water partition coefficient (Wildman–Crippen LogP) is 1.32. The third-order valence-corrected chi connectivity index (χ3v) is 5.10. The van der Waals surface area contributed by atoms with E-state index in [4.69, 9.17) is 0 Å². The standard InChI is InChI=1S/C13H22N2O3S/c1-3-4-15-8-13(6-12(15)9-16)19(17,18)14-7-11-5-10(11)2/h6,8,10-11,14,16H,3-5,7,9H2,1-2H3. The summed E-state index contributed by atoms with van der Waals surface area (Å²) in [6, 6.07) is 1.55. The second kappa shape index (κ2) is 5.64. The molecule has 2 unspecified atom stereocenters. The molecular formula is C13H22N2O3S. The second-order valence-electron chi connectivity index (χ2n) is 5.34. The maximum Gasteiger partial charge on any atom is 0.242 e. The minimum Gasteiger partial charge on any atom is -0.390 e. The van der Waals surface area contributed by atoms with E-state index in [1.54, 1.807) is 16.8 Å². The number of aromatic nitrogens is 1. The summed E-state index contributed by atoms with van der Waals surface area (Å²) < 4.78 is 28.8. The van der Waals surface area contributed by atoms with Gasteiger partial charge in [0.15, 0.2) is 0 Å². The molecule has 1 heterocycles. The zero-order valence-electron chi connectivity index (χ0n) is 11.5. The van der Waals surface area contributed by atoms with Gasteiger partial charge in [0, 0.05) is 25.0 Å². The summed E-state index contributed by atoms with van der Waals surface area (Å²) in [6.45, 7) is 5.22. The second-order valence-corrected chi connectivity index (χ2v) is 7.11. The summed E-state index contributed by atoms with van der Waals surface area (Å²) in [7, 11) is -3.45. The van der Waals surface area contributed by atoms with E-state index < -0.39 is 10.0 Å². The van der Waals surface area contributed by atoms with Gasteiger partial charge < -0.3 is 9.67 Å². The van der Waals surface area contributed by atoms with Crippen LogP contribution in [0.2, 0.25) is 0 Å². The fraction of sp³-hybridized carbons (Fsp3) is 0.692. The smallest absolute Gasteiger partial charge is 0.242 e. The fourth-order valence-electron chi connectivity index (χ4n) is 2.24. The molecule has 0 bridgehead atoms. The Hall–Kier alpha value is -0.850. The summed E-state index contributed by atoms with van der Waals surface area (Å²) in [5, 5.41) is 9.25. The zero-order chi connectivity index (χ0) is 14.0. The molecule has 0 aliphatic heterocycles. The topological polar surface area (TPSA) is 71.3 Å². The van der Waals surface area contributed by atoms with Gasteiger partial charge in [0.25, 0.3) is 0 Å². The highest BCUT2D eigenvalue weighted by Gasteiger charge is 2.33. The van der Waals surface area contributed by atoms with Crippen molar-refractivity contribution in [2.24, 2.45) is 11.8 Å². The molecule has 1 fully saturated rings. The molecule has 1 aliphatic rings. The van der Waals surface area contributed by atoms with Crippen LogP contribution >= 0.6 is 0 Å². The Kier molecular flexibility index (Phi) is 4.32. The first kappa shape index (κ1) is 14.6. The summed E-state index contributed by atoms with van der Waals surface area (Å²) in [6.07, 6.45) is 3.60. The van der Waals surface area contributed by atoms with Crippen molar-refractivity contribution < 1.29 is 13.5 Å². The molecular weight excluding hydrogens is 264 g/mol. The highest BCUT2D eigenvalue weighted by Crippen LogP contribution is 2.37. The Morgan fingerprint density at radius 3 is 2.74 bits per heavy atom. The Labute approximate surface area is 114 Å². The molecule has 2 atom stereocenters. The largest absolute Gasteiger partial charge is 0.390 e. The van der Waals surface area contributed by atoms with Gasteiger partial charge in [-0.25, -0.2) is 13.1 Å². The van der Waals surface area contributed by atoms with Crippen molar-refractivity contribution in [1.29, 1.82) is 0 Å². The third kappa shape index (κ3) is 3.38. The average molecular weight is 286 g/mol. The Bertz CT molecular complexity index is 536. The van der Waals surface area contributed by atoms with Gasteiger partial charge in [-0.3, -0.25) is 0 Å². The number of rotatable bonds is 7. The van der Waals surface area contributed by atoms with E-state index >= 15 is 0 Å². The van der Waals surface area contributed by atoms with Gasteiger partial charge in [-0.05, 0) is 30.7 Å². The average Bonchev–Trinajstić information content (AvgIpc) is 2.90. The van der Waals surface area contributed by atoms with Crippen molar-refractivity contribution in [3.63, 3.8) is 0 Å². The Morgan fingerprint density at radius 1 is 1.53 bits per heavy atom. The summed E-state index contributed by atoms with van der Waals surface area (Å²) >= 11 is 0. The van der Waals surface area contributed by atoms with Crippen molar-refractivity contribution >= 4 is 10.0 Å². The van der Waals surface area contributed by atoms with Crippen LogP contribution in [0.25, 0.3) is 0 Å². The molecule has 0 amide bonds. The molecule has 6 heteroatoms. The van der Waals surface area contributed by atoms with Crippen LogP contribution in [-0.2, 0) is 23.2 Å². The van der Waals surface area contributed by atoms with Gasteiger partial charge in [-0.15, -0.1) is 0 Å². The molecule has 1 aromatic rings. The predicted molar refractivity (Wildman–Crippen MR) is 73.1 cm³/mol. The number of aliphatic hydroxyl groups is 1. The summed E-state index contributed by atoms with van der Waals surface area (Å²) in [5.74, 6) is 1.10. The van der Waals surface area contributed by atoms with E-state index in [0.29, 0.717) is 30.6 Å². The molecule has 1 aliphatic carbocycles. The van der Waals surface area contributed by atoms with Crippen LogP contribution in [0, 0.1) is 11.8 Å². The molecule has 0 radical (unpaired) electrons. The van der Waals surface area contributed by atoms with Crippen LogP contribution in [0.1, 0.15) is 32.4 Å². The summed E-state index contributed by atoms with van der Waals surface area (Å²) in [5.41, 5.74) is 0.641. The molecule has 2 N–H and O–H groups in total. The lowest BCUT2D eigenvalue weighted by Crippen LogP contribution is -2.25. The van der Waals surface area contributed by atoms with Crippen molar-refractivity contribution in [3.8, 4) is 0 Å². The fourth-order valence-corrected chi connectivity index (χ4v) is 3.39. The molecule has 5 nitrogen and oxygen atoms in total. The molecule has 19 heavy (non-hydrogen) atoms. The lowest BCUT2D eigenvalue weighted by atomic mass is 10.3. The van der Waals surface area contributed by atoms with Gasteiger partial charge >= 0.3 is 0 Å². The molecule has 0 aromatic carbocycles. The van der Waals surface area contributed by atoms with E-state index in [9.17, 15) is 13.5 Å². The van der Waals surface area contributed by atoms with E-state index in [1.807, 2.05) is 6.92 Å². The third-order valence-electron chi connectivity index (χ3n) is 3.71. The van der Waals surface area contributed by atoms with Crippen LogP contribution in [0.5, 0.6) is 0 Å². The van der Waals surface area contributed by atoms with Gasteiger partial charge in [-0.1, -0.05) is 13.8 Å². The first-order valence-electron chi connectivity index (χ1n) is 6.77. The van der Waals surface area contributed by atoms with Crippen molar-refractivity contribution in [2.45, 2.75) is 44.7 Å². The number of sulfonamides is 1. The monoisotopic (exact) mass is 286 g/mol. The van der Waals surface area contributed by atoms with E-state index in [0.717, 1.165) is 12.8 Å². The van der Waals surface area contributed by atoms with Crippen molar-refractivity contribution in [1.82, 2.24) is 9.29 Å². The van der Waals surface area contributed by atoms with Gasteiger partial charge in [0.05, 0.1) is 11.5 Å². The highest BCUT2D eigenvalue weighted by molar-refractivity contribution is 7.89. The van der Waals surface area contributed by atoms with Crippen molar-refractivity contribution in [2.75, 3.05) is 6.54 Å². The normalized spacial score (nSPS) is 22.7. The van der Waals surface area contributed by atoms with Crippen LogP contribution in [0.4, 0.5) is 0 Å². The summed E-state index contributed by atoms with van der Waals surface area (Å²) in [4.78, 5) is 0.248. The SMILES string of the molecule is CCCn1cc(S(=O)(=O)NCC2CC2C)cc1CO. The number of aliphatic hydroxyl groups excluding tert-OH is 1. The zero-order valence-corrected chi connectivity index (χ0v) is 12.3. The molecule has 0 spiro atoms. The Morgan fingerprint density at radius 2 is 2.21 bits per heavy atom. The lowest BCUT2D eigenvalue weighted by molar-refractivity contribution is 0.270. The van der Waals surface area contributed by atoms with Gasteiger partial charge in [0.1, 0.15) is 0 Å². The van der Waals surface area contributed by atoms with E-state index in [-0.39, 0.29) is 11.5 Å². The first-order chi connectivity index (χ1) is 8.97. The number of hydrogen-bond acceptors (Lipinski definition) is 3. The van der Waals surface area contributed by atoms with Crippen LogP contribution in [-0.4, -0.2) is 24.6 Å². The quantitative estimate of drug-likeness (QED) is 0.794. The van der Waals surface area contributed by atoms with E-state index in [1.165, 1.54) is 0 Å². The maximum atomic E-state index is 12.2. The Balaban J connectivity index is 2.10. The van der Waals surface area contributed by atoms with Crippen LogP contribution < -0.4 is 4.72 Å². The van der Waals surface area contributed by atoms with Gasteiger partial charge in [0.2, 0.25) is 10.0 Å². The molecule has 1 saturated carbocycles. The van der Waals surface area contributed by atoms with Crippen LogP contribution in [0.15, 0.2) is 17.2 Å². The lowest BCUT2D eigenvalue weighted by Gasteiger charge is -2.04. The highest BCUT2D eigenvalue weighted by atomic mass is 32.2. The molecule has 108 valence electrons. The maximum absolute atomic E-state index is 12.2. The van der Waals surface area contributed by atoms with Crippen LogP contribution in [0.3, 0.4) is 0 Å². The molecule has 0 saturated heterocycles. The van der Waals surface area contributed by atoms with E-state index in [2.05, 4.69) is 11.6 Å². The number of nitrogens with zero attached hydrogens (tertiary/aromatic N) is 1. The number of nitrogens with one attached hydrogen (secondary N) is 1. The molecule has 2 rings (SSSR count). The first-order valence-corrected chi connectivity index (χ1v) is 8.25. The van der Waals surface area contributed by atoms with Crippen molar-refractivity contribution in [3.05, 3.63) is 18.0 Å². The van der Waals surface area contributed by atoms with Gasteiger partial charge in [-0.2, -0.15) is 0 Å². The molecule has 1 aromatic heterocycles. The minimum absolute atomic E-state index is 0.144. The number of aryl methyl sites for hydroxylation is 1.